The fourth-order valence-electron chi connectivity index (χ4n) is 4.48. The topological polar surface area (TPSA) is 78.5 Å². The number of halogens is 3. The quantitative estimate of drug-likeness (QED) is 0.544. The first-order valence-electron chi connectivity index (χ1n) is 11.0. The van der Waals surface area contributed by atoms with Gasteiger partial charge < -0.3 is 15.5 Å². The largest absolute Gasteiger partial charge is 0.416 e. The molecular weight excluding hydrogens is 479 g/mol. The molecule has 6 nitrogen and oxygen atoms in total. The molecule has 0 unspecified atom stereocenters. The number of carbonyl (C=O) groups excluding carboxylic acids is 3. The normalized spacial score (nSPS) is 19.9. The van der Waals surface area contributed by atoms with E-state index in [0.29, 0.717) is 17.7 Å². The maximum Gasteiger partial charge on any atom is 0.416 e. The Morgan fingerprint density at radius 2 is 1.83 bits per heavy atom. The molecule has 3 amide bonds. The Hall–Kier alpha value is -3.66. The summed E-state index contributed by atoms with van der Waals surface area (Å²) in [7, 11) is 0. The number of fused-ring (bicyclic) bond motifs is 2. The van der Waals surface area contributed by atoms with Crippen molar-refractivity contribution in [1.29, 1.82) is 0 Å². The van der Waals surface area contributed by atoms with Crippen molar-refractivity contribution in [3.05, 3.63) is 76.0 Å². The van der Waals surface area contributed by atoms with E-state index in [1.54, 1.807) is 23.5 Å². The van der Waals surface area contributed by atoms with Crippen LogP contribution in [0.1, 0.15) is 39.1 Å². The molecule has 0 saturated carbocycles. The van der Waals surface area contributed by atoms with Crippen LogP contribution in [0.3, 0.4) is 0 Å². The molecule has 1 fully saturated rings. The standard InChI is InChI=1S/C25H20F3N3O3S/c26-25(27,28)17-4-1-14(2-5-17)22(32)29-18-7-9-31-21(12-18)23(33)30-20-6-3-15(11-19(20)24(31)34)16-8-10-35-13-16/h1-6,8,10-11,13,18,21H,7,9,12H2,(H,29,32)(H,30,33)/t18-,21-/m0/s1. The van der Waals surface area contributed by atoms with Gasteiger partial charge in [-0.05, 0) is 77.2 Å². The lowest BCUT2D eigenvalue weighted by atomic mass is 9.95. The van der Waals surface area contributed by atoms with E-state index in [2.05, 4.69) is 10.6 Å². The maximum absolute atomic E-state index is 13.4. The number of carbonyl (C=O) groups is 3. The lowest BCUT2D eigenvalue weighted by Gasteiger charge is -2.37. The molecule has 3 heterocycles. The van der Waals surface area contributed by atoms with Crippen LogP contribution in [0.15, 0.2) is 59.3 Å². The molecule has 3 aromatic rings. The summed E-state index contributed by atoms with van der Waals surface area (Å²) in [6.07, 6.45) is -3.86. The summed E-state index contributed by atoms with van der Waals surface area (Å²) < 4.78 is 38.3. The van der Waals surface area contributed by atoms with Gasteiger partial charge in [0, 0.05) is 18.2 Å². The Kier molecular flexibility index (Phi) is 5.84. The molecule has 35 heavy (non-hydrogen) atoms. The van der Waals surface area contributed by atoms with E-state index in [1.807, 2.05) is 22.9 Å². The maximum atomic E-state index is 13.4. The summed E-state index contributed by atoms with van der Waals surface area (Å²) in [5.41, 5.74) is 1.98. The second-order valence-corrected chi connectivity index (χ2v) is 9.33. The number of piperidine rings is 1. The molecule has 180 valence electrons. The number of alkyl halides is 3. The first-order chi connectivity index (χ1) is 16.7. The SMILES string of the molecule is O=C(N[C@H]1CCN2C(=O)c3cc(-c4ccsc4)ccc3NC(=O)[C@@H]2C1)c1ccc(C(F)(F)F)cc1. The Labute approximate surface area is 202 Å². The highest BCUT2D eigenvalue weighted by molar-refractivity contribution is 7.08. The van der Waals surface area contributed by atoms with E-state index in [1.165, 1.54) is 4.90 Å². The molecule has 0 spiro atoms. The van der Waals surface area contributed by atoms with Crippen LogP contribution >= 0.6 is 11.3 Å². The van der Waals surface area contributed by atoms with Crippen LogP contribution in [-0.2, 0) is 11.0 Å². The Bertz CT molecular complexity index is 1290. The predicted octanol–water partition coefficient (Wildman–Crippen LogP) is 4.79. The van der Waals surface area contributed by atoms with Crippen LogP contribution in [0.5, 0.6) is 0 Å². The zero-order valence-corrected chi connectivity index (χ0v) is 19.1. The van der Waals surface area contributed by atoms with Crippen molar-refractivity contribution < 1.29 is 27.6 Å². The van der Waals surface area contributed by atoms with E-state index < -0.39 is 29.7 Å². The minimum absolute atomic E-state index is 0.0928. The van der Waals surface area contributed by atoms with E-state index in [-0.39, 0.29) is 30.3 Å². The molecule has 2 aromatic carbocycles. The number of nitrogens with one attached hydrogen (secondary N) is 2. The van der Waals surface area contributed by atoms with Gasteiger partial charge in [0.25, 0.3) is 11.8 Å². The zero-order valence-electron chi connectivity index (χ0n) is 18.3. The third-order valence-corrected chi connectivity index (χ3v) is 7.02. The Balaban J connectivity index is 1.31. The number of nitrogens with zero attached hydrogens (tertiary/aromatic N) is 1. The van der Waals surface area contributed by atoms with Crippen molar-refractivity contribution in [2.75, 3.05) is 11.9 Å². The number of hydrogen-bond acceptors (Lipinski definition) is 4. The molecule has 0 bridgehead atoms. The molecule has 2 N–H and O–H groups in total. The first-order valence-corrected chi connectivity index (χ1v) is 11.9. The van der Waals surface area contributed by atoms with Gasteiger partial charge in [0.1, 0.15) is 6.04 Å². The Morgan fingerprint density at radius 1 is 1.06 bits per heavy atom. The summed E-state index contributed by atoms with van der Waals surface area (Å²) in [6, 6.07) is 10.1. The van der Waals surface area contributed by atoms with Crippen LogP contribution in [0.25, 0.3) is 11.1 Å². The van der Waals surface area contributed by atoms with Crippen LogP contribution in [0.4, 0.5) is 18.9 Å². The number of anilines is 1. The fourth-order valence-corrected chi connectivity index (χ4v) is 5.14. The number of rotatable bonds is 3. The lowest BCUT2D eigenvalue weighted by molar-refractivity contribution is -0.137. The minimum Gasteiger partial charge on any atom is -0.349 e. The molecule has 5 rings (SSSR count). The van der Waals surface area contributed by atoms with Crippen molar-refractivity contribution in [3.8, 4) is 11.1 Å². The number of amides is 3. The molecule has 2 aliphatic heterocycles. The van der Waals surface area contributed by atoms with Gasteiger partial charge in [0.15, 0.2) is 0 Å². The highest BCUT2D eigenvalue weighted by Gasteiger charge is 2.40. The smallest absolute Gasteiger partial charge is 0.349 e. The van der Waals surface area contributed by atoms with Crippen LogP contribution in [-0.4, -0.2) is 41.2 Å². The van der Waals surface area contributed by atoms with Gasteiger partial charge in [0.2, 0.25) is 5.91 Å². The van der Waals surface area contributed by atoms with Crippen LogP contribution < -0.4 is 10.6 Å². The molecule has 0 radical (unpaired) electrons. The monoisotopic (exact) mass is 499 g/mol. The molecular formula is C25H20F3N3O3S. The van der Waals surface area contributed by atoms with E-state index in [4.69, 9.17) is 0 Å². The summed E-state index contributed by atoms with van der Waals surface area (Å²) in [6.45, 7) is 0.261. The number of hydrogen-bond donors (Lipinski definition) is 2. The molecule has 1 aromatic heterocycles. The lowest BCUT2D eigenvalue weighted by Crippen LogP contribution is -2.55. The van der Waals surface area contributed by atoms with Gasteiger partial charge in [0.05, 0.1) is 16.8 Å². The van der Waals surface area contributed by atoms with Crippen LogP contribution in [0, 0.1) is 0 Å². The predicted molar refractivity (Wildman–Crippen MR) is 125 cm³/mol. The molecule has 2 aliphatic rings. The van der Waals surface area contributed by atoms with Crippen molar-refractivity contribution in [3.63, 3.8) is 0 Å². The average molecular weight is 500 g/mol. The number of benzene rings is 2. The minimum atomic E-state index is -4.48. The summed E-state index contributed by atoms with van der Waals surface area (Å²) in [5.74, 6) is -1.12. The zero-order chi connectivity index (χ0) is 24.7. The second-order valence-electron chi connectivity index (χ2n) is 8.55. The van der Waals surface area contributed by atoms with Crippen molar-refractivity contribution >= 4 is 34.7 Å². The van der Waals surface area contributed by atoms with Gasteiger partial charge >= 0.3 is 6.18 Å². The molecule has 10 heteroatoms. The van der Waals surface area contributed by atoms with Crippen molar-refractivity contribution in [1.82, 2.24) is 10.2 Å². The van der Waals surface area contributed by atoms with E-state index in [9.17, 15) is 27.6 Å². The summed E-state index contributed by atoms with van der Waals surface area (Å²) in [5, 5.41) is 9.56. The highest BCUT2D eigenvalue weighted by atomic mass is 32.1. The third kappa shape index (κ3) is 4.53. The fraction of sp³-hybridized carbons (Fsp3) is 0.240. The third-order valence-electron chi connectivity index (χ3n) is 6.34. The Morgan fingerprint density at radius 3 is 2.51 bits per heavy atom. The molecule has 0 aliphatic carbocycles. The highest BCUT2D eigenvalue weighted by Crippen LogP contribution is 2.33. The summed E-state index contributed by atoms with van der Waals surface area (Å²) >= 11 is 1.55. The van der Waals surface area contributed by atoms with Gasteiger partial charge in [-0.3, -0.25) is 14.4 Å². The number of thiophene rings is 1. The van der Waals surface area contributed by atoms with Gasteiger partial charge in [-0.25, -0.2) is 0 Å². The van der Waals surface area contributed by atoms with Crippen LogP contribution in [0.2, 0.25) is 0 Å². The van der Waals surface area contributed by atoms with E-state index in [0.717, 1.165) is 35.4 Å². The van der Waals surface area contributed by atoms with E-state index >= 15 is 0 Å². The van der Waals surface area contributed by atoms with Gasteiger partial charge in [-0.1, -0.05) is 6.07 Å². The molecule has 2 atom stereocenters. The van der Waals surface area contributed by atoms with Gasteiger partial charge in [-0.15, -0.1) is 0 Å². The van der Waals surface area contributed by atoms with Crippen molar-refractivity contribution in [2.45, 2.75) is 31.1 Å². The average Bonchev–Trinajstić information content (AvgIpc) is 3.35. The van der Waals surface area contributed by atoms with Crippen molar-refractivity contribution in [2.24, 2.45) is 0 Å². The first kappa shape index (κ1) is 23.1. The molecule has 1 saturated heterocycles. The summed E-state index contributed by atoms with van der Waals surface area (Å²) in [4.78, 5) is 40.5. The van der Waals surface area contributed by atoms with Gasteiger partial charge in [-0.2, -0.15) is 24.5 Å². The second kappa shape index (κ2) is 8.84.